The Morgan fingerprint density at radius 3 is 2.50 bits per heavy atom. The summed E-state index contributed by atoms with van der Waals surface area (Å²) in [7, 11) is 0. The number of nitrogens with two attached hydrogens (primary N) is 1. The maximum atomic E-state index is 11.4. The minimum atomic E-state index is -1.24. The first-order chi connectivity index (χ1) is 8.36. The third-order valence-corrected chi connectivity index (χ3v) is 2.39. The number of carboxylic acid groups (broad SMARTS) is 1. The maximum absolute atomic E-state index is 11.4. The molecule has 0 aliphatic carbocycles. The van der Waals surface area contributed by atoms with Gasteiger partial charge >= 0.3 is 0 Å². The normalized spacial score (nSPS) is 14.3. The minimum absolute atomic E-state index is 0.0235. The van der Waals surface area contributed by atoms with Crippen molar-refractivity contribution < 1.29 is 24.5 Å². The highest BCUT2D eigenvalue weighted by molar-refractivity contribution is 5.78. The van der Waals surface area contributed by atoms with Crippen LogP contribution < -0.4 is 16.4 Å². The van der Waals surface area contributed by atoms with E-state index in [1.807, 2.05) is 19.3 Å². The van der Waals surface area contributed by atoms with Crippen LogP contribution >= 0.6 is 0 Å². The first-order valence-corrected chi connectivity index (χ1v) is 5.86. The smallest absolute Gasteiger partial charge is 0.237 e. The molecule has 0 aliphatic heterocycles. The monoisotopic (exact) mass is 261 g/mol. The molecule has 1 amide bonds. The molecule has 0 unspecified atom stereocenters. The van der Waals surface area contributed by atoms with Crippen molar-refractivity contribution in [1.29, 1.82) is 0 Å². The Hall–Kier alpha value is -1.18. The van der Waals surface area contributed by atoms with E-state index in [0.717, 1.165) is 0 Å². The van der Waals surface area contributed by atoms with Gasteiger partial charge in [0.25, 0.3) is 0 Å². The summed E-state index contributed by atoms with van der Waals surface area (Å²) in [5.41, 5.74) is 1.95. The number of amides is 1. The topological polar surface area (TPSA) is 125 Å². The van der Waals surface area contributed by atoms with Crippen molar-refractivity contribution in [2.24, 2.45) is 11.8 Å². The van der Waals surface area contributed by atoms with Crippen LogP contribution in [0.5, 0.6) is 0 Å². The molecule has 7 nitrogen and oxygen atoms in total. The van der Waals surface area contributed by atoms with E-state index in [4.69, 9.17) is 10.6 Å². The Balaban J connectivity index is 4.21. The van der Waals surface area contributed by atoms with Crippen LogP contribution in [0.4, 0.5) is 0 Å². The first-order valence-electron chi connectivity index (χ1n) is 5.86. The van der Waals surface area contributed by atoms with Crippen molar-refractivity contribution in [2.75, 3.05) is 6.61 Å². The van der Waals surface area contributed by atoms with Gasteiger partial charge in [-0.1, -0.05) is 0 Å². The molecule has 0 aromatic heterocycles. The quantitative estimate of drug-likeness (QED) is 0.258. The third-order valence-electron chi connectivity index (χ3n) is 2.39. The summed E-state index contributed by atoms with van der Waals surface area (Å²) >= 11 is 0. The second-order valence-corrected chi connectivity index (χ2v) is 4.39. The Labute approximate surface area is 106 Å². The highest BCUT2D eigenvalue weighted by atomic mass is 16.5. The number of hydrazine groups is 1. The molecule has 0 fully saturated rings. The molecule has 0 rings (SSSR count). The van der Waals surface area contributed by atoms with E-state index >= 15 is 0 Å². The molecular weight excluding hydrogens is 240 g/mol. The fourth-order valence-electron chi connectivity index (χ4n) is 1.47. The highest BCUT2D eigenvalue weighted by Crippen LogP contribution is 2.14. The number of aliphatic hydroxyl groups is 1. The Morgan fingerprint density at radius 2 is 2.06 bits per heavy atom. The van der Waals surface area contributed by atoms with Crippen LogP contribution in [0.3, 0.4) is 0 Å². The molecule has 0 saturated heterocycles. The molecule has 2 atom stereocenters. The SMILES string of the molecule is CC(C)OC[C@H](O)C[C@@H](CCC(=O)[O-])C(=O)NN. The van der Waals surface area contributed by atoms with Gasteiger partial charge < -0.3 is 19.7 Å². The van der Waals surface area contributed by atoms with E-state index in [1.54, 1.807) is 0 Å². The van der Waals surface area contributed by atoms with Crippen LogP contribution in [0.2, 0.25) is 0 Å². The number of carbonyl (C=O) groups is 2. The maximum Gasteiger partial charge on any atom is 0.237 e. The summed E-state index contributed by atoms with van der Waals surface area (Å²) < 4.78 is 5.20. The summed E-state index contributed by atoms with van der Waals surface area (Å²) in [5, 5.41) is 20.0. The van der Waals surface area contributed by atoms with Gasteiger partial charge in [0.15, 0.2) is 0 Å². The predicted octanol–water partition coefficient (Wildman–Crippen LogP) is -1.70. The van der Waals surface area contributed by atoms with Gasteiger partial charge in [-0.2, -0.15) is 0 Å². The summed E-state index contributed by atoms with van der Waals surface area (Å²) in [5.74, 6) is 2.60. The average Bonchev–Trinajstić information content (AvgIpc) is 2.30. The Bertz CT molecular complexity index is 270. The van der Waals surface area contributed by atoms with Crippen LogP contribution in [-0.2, 0) is 14.3 Å². The van der Waals surface area contributed by atoms with Gasteiger partial charge in [-0.3, -0.25) is 10.2 Å². The lowest BCUT2D eigenvalue weighted by molar-refractivity contribution is -0.305. The van der Waals surface area contributed by atoms with Crippen LogP contribution in [0, 0.1) is 5.92 Å². The number of carboxylic acids is 1. The molecule has 0 radical (unpaired) electrons. The van der Waals surface area contributed by atoms with E-state index in [0.29, 0.717) is 0 Å². The first kappa shape index (κ1) is 16.8. The molecule has 106 valence electrons. The molecule has 0 spiro atoms. The van der Waals surface area contributed by atoms with Crippen molar-refractivity contribution in [1.82, 2.24) is 5.43 Å². The fraction of sp³-hybridized carbons (Fsp3) is 0.818. The molecule has 0 bridgehead atoms. The summed E-state index contributed by atoms with van der Waals surface area (Å²) in [6.07, 6.45) is -0.940. The van der Waals surface area contributed by atoms with Gasteiger partial charge in [0.1, 0.15) is 0 Å². The van der Waals surface area contributed by atoms with Gasteiger partial charge in [-0.05, 0) is 33.1 Å². The van der Waals surface area contributed by atoms with Crippen LogP contribution in [-0.4, -0.2) is 35.8 Å². The average molecular weight is 261 g/mol. The lowest BCUT2D eigenvalue weighted by Gasteiger charge is -2.20. The third kappa shape index (κ3) is 7.99. The standard InChI is InChI=1S/C11H22N2O5/c1-7(2)18-6-9(14)5-8(11(17)13-12)3-4-10(15)16/h7-9,14H,3-6,12H2,1-2H3,(H,13,17)(H,15,16)/p-1/t8-,9-/m1/s1. The number of aliphatic hydroxyl groups excluding tert-OH is 1. The highest BCUT2D eigenvalue weighted by Gasteiger charge is 2.21. The molecule has 18 heavy (non-hydrogen) atoms. The lowest BCUT2D eigenvalue weighted by Crippen LogP contribution is -2.38. The van der Waals surface area contributed by atoms with Gasteiger partial charge in [0.2, 0.25) is 5.91 Å². The van der Waals surface area contributed by atoms with Crippen molar-refractivity contribution in [3.63, 3.8) is 0 Å². The van der Waals surface area contributed by atoms with Crippen LogP contribution in [0.25, 0.3) is 0 Å². The molecule has 0 aliphatic rings. The van der Waals surface area contributed by atoms with E-state index < -0.39 is 23.9 Å². The number of nitrogens with one attached hydrogen (secondary N) is 1. The van der Waals surface area contributed by atoms with Crippen molar-refractivity contribution >= 4 is 11.9 Å². The number of ether oxygens (including phenoxy) is 1. The van der Waals surface area contributed by atoms with Crippen molar-refractivity contribution in [2.45, 2.75) is 45.3 Å². The van der Waals surface area contributed by atoms with Crippen molar-refractivity contribution in [3.8, 4) is 0 Å². The van der Waals surface area contributed by atoms with Gasteiger partial charge in [0, 0.05) is 11.9 Å². The molecule has 0 aromatic carbocycles. The molecule has 4 N–H and O–H groups in total. The number of carbonyl (C=O) groups excluding carboxylic acids is 2. The summed E-state index contributed by atoms with van der Waals surface area (Å²) in [6, 6.07) is 0. The fourth-order valence-corrected chi connectivity index (χ4v) is 1.47. The molecule has 7 heteroatoms. The number of rotatable bonds is 9. The molecule has 0 aromatic rings. The predicted molar refractivity (Wildman–Crippen MR) is 61.8 cm³/mol. The van der Waals surface area contributed by atoms with Gasteiger partial charge in [0.05, 0.1) is 18.8 Å². The molecule has 0 saturated carbocycles. The largest absolute Gasteiger partial charge is 0.550 e. The van der Waals surface area contributed by atoms with Crippen LogP contribution in [0.1, 0.15) is 33.1 Å². The Morgan fingerprint density at radius 1 is 1.44 bits per heavy atom. The van der Waals surface area contributed by atoms with Gasteiger partial charge in [-0.25, -0.2) is 5.84 Å². The number of hydrogen-bond donors (Lipinski definition) is 3. The Kier molecular flexibility index (Phi) is 8.27. The van der Waals surface area contributed by atoms with Crippen molar-refractivity contribution in [3.05, 3.63) is 0 Å². The van der Waals surface area contributed by atoms with E-state index in [1.165, 1.54) is 0 Å². The molecule has 0 heterocycles. The van der Waals surface area contributed by atoms with E-state index in [2.05, 4.69) is 0 Å². The minimum Gasteiger partial charge on any atom is -0.550 e. The van der Waals surface area contributed by atoms with E-state index in [-0.39, 0.29) is 32.0 Å². The second-order valence-electron chi connectivity index (χ2n) is 4.39. The zero-order valence-corrected chi connectivity index (χ0v) is 10.7. The zero-order chi connectivity index (χ0) is 14.1. The molecular formula is C11H21N2O5-. The van der Waals surface area contributed by atoms with Crippen LogP contribution in [0.15, 0.2) is 0 Å². The zero-order valence-electron chi connectivity index (χ0n) is 10.7. The summed E-state index contributed by atoms with van der Waals surface area (Å²) in [4.78, 5) is 21.8. The number of aliphatic carboxylic acids is 1. The second kappa shape index (κ2) is 8.84. The van der Waals surface area contributed by atoms with Gasteiger partial charge in [-0.15, -0.1) is 0 Å². The lowest BCUT2D eigenvalue weighted by atomic mass is 9.95. The number of hydrogen-bond acceptors (Lipinski definition) is 6. The van der Waals surface area contributed by atoms with E-state index in [9.17, 15) is 19.8 Å². The summed E-state index contributed by atoms with van der Waals surface area (Å²) in [6.45, 7) is 3.75.